The highest BCUT2D eigenvalue weighted by atomic mass is 16.6. The van der Waals surface area contributed by atoms with Crippen LogP contribution in [0.25, 0.3) is 21.9 Å². The first-order chi connectivity index (χ1) is 12.8. The summed E-state index contributed by atoms with van der Waals surface area (Å²) in [5.41, 5.74) is 1.99. The van der Waals surface area contributed by atoms with E-state index in [1.54, 1.807) is 6.20 Å². The van der Waals surface area contributed by atoms with Gasteiger partial charge in [-0.15, -0.1) is 0 Å². The summed E-state index contributed by atoms with van der Waals surface area (Å²) in [5.74, 6) is 0.841. The number of benzene rings is 1. The van der Waals surface area contributed by atoms with E-state index in [1.807, 2.05) is 56.5 Å². The molecular weight excluding hydrogens is 344 g/mol. The second kappa shape index (κ2) is 7.52. The Bertz CT molecular complexity index is 959. The first-order valence-electron chi connectivity index (χ1n) is 9.16. The molecule has 7 heteroatoms. The number of aryl methyl sites for hydroxylation is 1. The maximum Gasteiger partial charge on any atom is 0.407 e. The van der Waals surface area contributed by atoms with Crippen LogP contribution in [0.5, 0.6) is 0 Å². The van der Waals surface area contributed by atoms with E-state index in [1.165, 1.54) is 0 Å². The van der Waals surface area contributed by atoms with E-state index in [2.05, 4.69) is 15.3 Å². The molecular formula is C20H26N4O3. The molecule has 0 saturated heterocycles. The number of ether oxygens (including phenoxy) is 1. The quantitative estimate of drug-likeness (QED) is 0.720. The van der Waals surface area contributed by atoms with E-state index in [-0.39, 0.29) is 19.2 Å². The smallest absolute Gasteiger partial charge is 0.407 e. The van der Waals surface area contributed by atoms with E-state index >= 15 is 0 Å². The van der Waals surface area contributed by atoms with Crippen molar-refractivity contribution >= 4 is 28.0 Å². The second-order valence-corrected chi connectivity index (χ2v) is 7.48. The van der Waals surface area contributed by atoms with Crippen molar-refractivity contribution in [1.82, 2.24) is 19.9 Å². The van der Waals surface area contributed by atoms with Gasteiger partial charge in [0.15, 0.2) is 0 Å². The normalized spacial score (nSPS) is 13.1. The summed E-state index contributed by atoms with van der Waals surface area (Å²) in [6.45, 7) is 7.56. The molecule has 27 heavy (non-hydrogen) atoms. The number of hydrogen-bond donors (Lipinski definition) is 2. The number of nitrogens with one attached hydrogen (secondary N) is 1. The zero-order chi connectivity index (χ0) is 19.6. The molecule has 3 aromatic rings. The zero-order valence-corrected chi connectivity index (χ0v) is 16.2. The van der Waals surface area contributed by atoms with E-state index in [4.69, 9.17) is 4.74 Å². The maximum absolute atomic E-state index is 12.0. The fourth-order valence-electron chi connectivity index (χ4n) is 3.17. The lowest BCUT2D eigenvalue weighted by Gasteiger charge is -2.23. The van der Waals surface area contributed by atoms with Crippen LogP contribution in [0, 0.1) is 0 Å². The largest absolute Gasteiger partial charge is 0.444 e. The first kappa shape index (κ1) is 19.1. The molecule has 3 rings (SSSR count). The number of alkyl carbamates (subject to hydrolysis) is 1. The predicted molar refractivity (Wildman–Crippen MR) is 105 cm³/mol. The molecule has 7 nitrogen and oxygen atoms in total. The van der Waals surface area contributed by atoms with Gasteiger partial charge in [0.1, 0.15) is 16.9 Å². The van der Waals surface area contributed by atoms with E-state index < -0.39 is 11.7 Å². The monoisotopic (exact) mass is 370 g/mol. The highest BCUT2D eigenvalue weighted by Crippen LogP contribution is 2.28. The number of fused-ring (bicyclic) bond motifs is 3. The number of imidazole rings is 1. The molecule has 0 unspecified atom stereocenters. The SMILES string of the molecule is CCc1nc2cnc3ccccc3c2n1[C@H](CO)CNC(=O)OC(C)(C)C. The van der Waals surface area contributed by atoms with Gasteiger partial charge in [0.05, 0.1) is 29.9 Å². The summed E-state index contributed by atoms with van der Waals surface area (Å²) < 4.78 is 7.31. The molecule has 1 aromatic carbocycles. The van der Waals surface area contributed by atoms with Gasteiger partial charge >= 0.3 is 6.09 Å². The number of aliphatic hydroxyl groups excluding tert-OH is 1. The molecule has 144 valence electrons. The number of amides is 1. The Hall–Kier alpha value is -2.67. The number of carbonyl (C=O) groups excluding carboxylic acids is 1. The third-order valence-corrected chi connectivity index (χ3v) is 4.27. The summed E-state index contributed by atoms with van der Waals surface area (Å²) in [6.07, 6.45) is 1.95. The fourth-order valence-corrected chi connectivity index (χ4v) is 3.17. The molecule has 0 bridgehead atoms. The third kappa shape index (κ3) is 4.03. The minimum atomic E-state index is -0.572. The minimum absolute atomic E-state index is 0.134. The highest BCUT2D eigenvalue weighted by molar-refractivity contribution is 6.02. The van der Waals surface area contributed by atoms with Crippen molar-refractivity contribution in [3.63, 3.8) is 0 Å². The van der Waals surface area contributed by atoms with Gasteiger partial charge in [-0.1, -0.05) is 25.1 Å². The van der Waals surface area contributed by atoms with Gasteiger partial charge in [0.2, 0.25) is 0 Å². The summed E-state index contributed by atoms with van der Waals surface area (Å²) >= 11 is 0. The van der Waals surface area contributed by atoms with Gasteiger partial charge in [0, 0.05) is 18.4 Å². The van der Waals surface area contributed by atoms with Crippen LogP contribution in [0.2, 0.25) is 0 Å². The summed E-state index contributed by atoms with van der Waals surface area (Å²) in [6, 6.07) is 7.49. The molecule has 2 N–H and O–H groups in total. The third-order valence-electron chi connectivity index (χ3n) is 4.27. The second-order valence-electron chi connectivity index (χ2n) is 7.48. The molecule has 2 heterocycles. The topological polar surface area (TPSA) is 89.3 Å². The molecule has 0 aliphatic carbocycles. The molecule has 0 saturated carbocycles. The number of para-hydroxylation sites is 1. The summed E-state index contributed by atoms with van der Waals surface area (Å²) in [4.78, 5) is 21.2. The fraction of sp³-hybridized carbons (Fsp3) is 0.450. The van der Waals surface area contributed by atoms with Gasteiger partial charge in [0.25, 0.3) is 0 Å². The average molecular weight is 370 g/mol. The van der Waals surface area contributed by atoms with Crippen LogP contribution in [-0.4, -0.2) is 44.5 Å². The number of carbonyl (C=O) groups is 1. The molecule has 1 atom stereocenters. The molecule has 0 aliphatic rings. The Labute approximate surface area is 158 Å². The van der Waals surface area contributed by atoms with Gasteiger partial charge in [-0.2, -0.15) is 0 Å². The van der Waals surface area contributed by atoms with Crippen LogP contribution in [0.1, 0.15) is 39.6 Å². The number of aliphatic hydroxyl groups is 1. The highest BCUT2D eigenvalue weighted by Gasteiger charge is 2.22. The van der Waals surface area contributed by atoms with Gasteiger partial charge in [-0.3, -0.25) is 4.98 Å². The van der Waals surface area contributed by atoms with Crippen molar-refractivity contribution in [2.45, 2.75) is 45.8 Å². The number of pyridine rings is 1. The average Bonchev–Trinajstić information content (AvgIpc) is 3.00. The van der Waals surface area contributed by atoms with Crippen molar-refractivity contribution < 1.29 is 14.6 Å². The number of nitrogens with zero attached hydrogens (tertiary/aromatic N) is 3. The lowest BCUT2D eigenvalue weighted by Crippen LogP contribution is -2.37. The van der Waals surface area contributed by atoms with Crippen molar-refractivity contribution in [1.29, 1.82) is 0 Å². The lowest BCUT2D eigenvalue weighted by atomic mass is 10.1. The summed E-state index contributed by atoms with van der Waals surface area (Å²) in [7, 11) is 0. The Balaban J connectivity index is 2.00. The Morgan fingerprint density at radius 2 is 2.04 bits per heavy atom. The zero-order valence-electron chi connectivity index (χ0n) is 16.2. The number of rotatable bonds is 5. The Kier molecular flexibility index (Phi) is 5.32. The standard InChI is InChI=1S/C20H26N4O3/c1-5-17-23-16-11-21-15-9-7-6-8-14(15)18(16)24(17)13(12-25)10-22-19(26)27-20(2,3)4/h6-9,11,13,25H,5,10,12H2,1-4H3,(H,22,26)/t13-/m0/s1. The van der Waals surface area contributed by atoms with Crippen LogP contribution in [-0.2, 0) is 11.2 Å². The molecule has 2 aromatic heterocycles. The molecule has 1 amide bonds. The molecule has 0 spiro atoms. The van der Waals surface area contributed by atoms with Crippen LogP contribution < -0.4 is 5.32 Å². The van der Waals surface area contributed by atoms with E-state index in [0.717, 1.165) is 27.8 Å². The van der Waals surface area contributed by atoms with E-state index in [9.17, 15) is 9.90 Å². The molecule has 0 fully saturated rings. The first-order valence-corrected chi connectivity index (χ1v) is 9.16. The van der Waals surface area contributed by atoms with E-state index in [0.29, 0.717) is 6.42 Å². The van der Waals surface area contributed by atoms with Crippen molar-refractivity contribution in [3.05, 3.63) is 36.3 Å². The van der Waals surface area contributed by atoms with Crippen LogP contribution in [0.4, 0.5) is 4.79 Å². The van der Waals surface area contributed by atoms with Crippen LogP contribution >= 0.6 is 0 Å². The summed E-state index contributed by atoms with van der Waals surface area (Å²) in [5, 5.41) is 13.8. The van der Waals surface area contributed by atoms with Gasteiger partial charge in [-0.25, -0.2) is 9.78 Å². The minimum Gasteiger partial charge on any atom is -0.444 e. The predicted octanol–water partition coefficient (Wildman–Crippen LogP) is 3.21. The van der Waals surface area contributed by atoms with Crippen molar-refractivity contribution in [2.24, 2.45) is 0 Å². The molecule has 0 radical (unpaired) electrons. The van der Waals surface area contributed by atoms with Crippen molar-refractivity contribution in [3.8, 4) is 0 Å². The van der Waals surface area contributed by atoms with Crippen LogP contribution in [0.3, 0.4) is 0 Å². The maximum atomic E-state index is 12.0. The Morgan fingerprint density at radius 3 is 2.70 bits per heavy atom. The number of aromatic nitrogens is 3. The van der Waals surface area contributed by atoms with Gasteiger partial charge in [-0.05, 0) is 26.8 Å². The molecule has 0 aliphatic heterocycles. The number of hydrogen-bond acceptors (Lipinski definition) is 5. The Morgan fingerprint density at radius 1 is 1.30 bits per heavy atom. The van der Waals surface area contributed by atoms with Crippen LogP contribution in [0.15, 0.2) is 30.5 Å². The van der Waals surface area contributed by atoms with Crippen molar-refractivity contribution in [2.75, 3.05) is 13.2 Å². The lowest BCUT2D eigenvalue weighted by molar-refractivity contribution is 0.0514. The van der Waals surface area contributed by atoms with Gasteiger partial charge < -0.3 is 19.7 Å².